The summed E-state index contributed by atoms with van der Waals surface area (Å²) in [6.07, 6.45) is -7.05. The van der Waals surface area contributed by atoms with E-state index in [2.05, 4.69) is 15.5 Å². The lowest BCUT2D eigenvalue weighted by molar-refractivity contribution is -0.249. The number of hydrogen-bond acceptors (Lipinski definition) is 10. The molecule has 30 heavy (non-hydrogen) atoms. The van der Waals surface area contributed by atoms with Gasteiger partial charge in [-0.05, 0) is 34.5 Å². The van der Waals surface area contributed by atoms with Crippen LogP contribution in [0.15, 0.2) is 33.7 Å². The predicted molar refractivity (Wildman–Crippen MR) is 98.2 cm³/mol. The summed E-state index contributed by atoms with van der Waals surface area (Å²) in [6.45, 7) is 1.94. The van der Waals surface area contributed by atoms with Crippen molar-refractivity contribution >= 4 is 16.9 Å². The molecule has 1 fully saturated rings. The lowest BCUT2D eigenvalue weighted by Crippen LogP contribution is -2.58. The maximum absolute atomic E-state index is 13.0. The zero-order chi connectivity index (χ0) is 21.6. The minimum atomic E-state index is -1.87. The molecule has 12 nitrogen and oxygen atoms in total. The average Bonchev–Trinajstić information content (AvgIpc) is 3.21. The standard InChI is InChI=1S/C18H18N4O8/c1-2-7-3-4-10-8(5-7)11(23)9(6-29-10)16-19-20-21-22(16)17-14(26)12(24)13(25)15(30-17)18(27)28/h3-6,12-15,17,24-26H,2H2,1H3,(H,27,28)/t12-,13-,14+,15-,17+/m0/s1. The number of rotatable bonds is 4. The van der Waals surface area contributed by atoms with Crippen LogP contribution in [0.25, 0.3) is 22.4 Å². The maximum atomic E-state index is 13.0. The molecule has 158 valence electrons. The van der Waals surface area contributed by atoms with Gasteiger partial charge in [0.1, 0.15) is 35.7 Å². The van der Waals surface area contributed by atoms with Gasteiger partial charge in [-0.25, -0.2) is 4.79 Å². The molecule has 1 saturated heterocycles. The number of ether oxygens (including phenoxy) is 1. The van der Waals surface area contributed by atoms with Gasteiger partial charge in [0, 0.05) is 0 Å². The van der Waals surface area contributed by atoms with Crippen LogP contribution in [0.4, 0.5) is 0 Å². The average molecular weight is 418 g/mol. The molecule has 1 aromatic carbocycles. The highest BCUT2D eigenvalue weighted by atomic mass is 16.6. The first-order chi connectivity index (χ1) is 14.3. The van der Waals surface area contributed by atoms with Crippen LogP contribution < -0.4 is 5.43 Å². The number of aliphatic hydroxyl groups excluding tert-OH is 3. The van der Waals surface area contributed by atoms with Crippen molar-refractivity contribution in [3.8, 4) is 11.4 Å². The first-order valence-corrected chi connectivity index (χ1v) is 9.08. The second kappa shape index (κ2) is 7.57. The topological polar surface area (TPSA) is 181 Å². The van der Waals surface area contributed by atoms with E-state index < -0.39 is 42.0 Å². The molecule has 0 radical (unpaired) electrons. The highest BCUT2D eigenvalue weighted by Gasteiger charge is 2.48. The predicted octanol–water partition coefficient (Wildman–Crippen LogP) is -0.926. The Bertz CT molecular complexity index is 1160. The fourth-order valence-electron chi connectivity index (χ4n) is 3.36. The molecular weight excluding hydrogens is 400 g/mol. The quantitative estimate of drug-likeness (QED) is 0.411. The van der Waals surface area contributed by atoms with Gasteiger partial charge >= 0.3 is 5.97 Å². The van der Waals surface area contributed by atoms with E-state index in [1.807, 2.05) is 13.0 Å². The van der Waals surface area contributed by atoms with Gasteiger partial charge in [0.15, 0.2) is 18.2 Å². The monoisotopic (exact) mass is 418 g/mol. The Labute approximate surface area is 167 Å². The van der Waals surface area contributed by atoms with Gasteiger partial charge in [0.2, 0.25) is 5.43 Å². The van der Waals surface area contributed by atoms with Crippen molar-refractivity contribution in [1.82, 2.24) is 20.2 Å². The Morgan fingerprint density at radius 3 is 2.67 bits per heavy atom. The minimum Gasteiger partial charge on any atom is -0.479 e. The SMILES string of the molecule is CCc1ccc2occ(-c3nnnn3[C@@H]3O[C@H](C(=O)O)[C@@H](O)[C@H](O)[C@H]3O)c(=O)c2c1. The second-order valence-corrected chi connectivity index (χ2v) is 6.87. The summed E-state index contributed by atoms with van der Waals surface area (Å²) < 4.78 is 11.6. The molecule has 2 aromatic heterocycles. The number of carbonyl (C=O) groups is 1. The van der Waals surface area contributed by atoms with Crippen molar-refractivity contribution in [3.05, 3.63) is 40.2 Å². The van der Waals surface area contributed by atoms with Gasteiger partial charge in [0.05, 0.1) is 5.39 Å². The number of hydrogen-bond donors (Lipinski definition) is 4. The Kier molecular flexibility index (Phi) is 5.07. The summed E-state index contributed by atoms with van der Waals surface area (Å²) in [5.41, 5.74) is 0.782. The van der Waals surface area contributed by atoms with Crippen molar-refractivity contribution in [1.29, 1.82) is 0 Å². The van der Waals surface area contributed by atoms with E-state index in [4.69, 9.17) is 9.15 Å². The Hall–Kier alpha value is -3.19. The van der Waals surface area contributed by atoms with E-state index in [0.717, 1.165) is 16.5 Å². The van der Waals surface area contributed by atoms with Gasteiger partial charge in [-0.1, -0.05) is 13.0 Å². The number of nitrogens with zero attached hydrogens (tertiary/aromatic N) is 4. The third-order valence-electron chi connectivity index (χ3n) is 5.05. The van der Waals surface area contributed by atoms with Crippen molar-refractivity contribution in [2.45, 2.75) is 44.0 Å². The summed E-state index contributed by atoms with van der Waals surface area (Å²) in [5.74, 6) is -1.71. The molecular formula is C18H18N4O8. The van der Waals surface area contributed by atoms with Gasteiger partial charge in [0.25, 0.3) is 0 Å². The fourth-order valence-corrected chi connectivity index (χ4v) is 3.36. The van der Waals surface area contributed by atoms with Crippen LogP contribution >= 0.6 is 0 Å². The third-order valence-corrected chi connectivity index (χ3v) is 5.05. The van der Waals surface area contributed by atoms with Crippen LogP contribution in [-0.4, -0.2) is 71.0 Å². The van der Waals surface area contributed by atoms with E-state index in [-0.39, 0.29) is 11.4 Å². The molecule has 0 unspecified atom stereocenters. The van der Waals surface area contributed by atoms with Gasteiger partial charge in [-0.15, -0.1) is 5.10 Å². The number of carboxylic acid groups (broad SMARTS) is 1. The molecule has 1 aliphatic rings. The molecule has 12 heteroatoms. The van der Waals surface area contributed by atoms with Gasteiger partial charge < -0.3 is 29.6 Å². The van der Waals surface area contributed by atoms with E-state index >= 15 is 0 Å². The fraction of sp³-hybridized carbons (Fsp3) is 0.389. The molecule has 0 saturated carbocycles. The Morgan fingerprint density at radius 1 is 1.20 bits per heavy atom. The molecule has 1 aliphatic heterocycles. The summed E-state index contributed by atoms with van der Waals surface area (Å²) >= 11 is 0. The molecule has 0 spiro atoms. The van der Waals surface area contributed by atoms with Crippen molar-refractivity contribution in [2.24, 2.45) is 0 Å². The number of tetrazole rings is 1. The van der Waals surface area contributed by atoms with Crippen molar-refractivity contribution in [3.63, 3.8) is 0 Å². The first-order valence-electron chi connectivity index (χ1n) is 9.08. The number of aliphatic carboxylic acids is 1. The molecule has 3 aromatic rings. The number of aliphatic hydroxyl groups is 3. The lowest BCUT2D eigenvalue weighted by Gasteiger charge is -2.38. The lowest BCUT2D eigenvalue weighted by atomic mass is 9.98. The minimum absolute atomic E-state index is 0.0518. The highest BCUT2D eigenvalue weighted by Crippen LogP contribution is 2.30. The highest BCUT2D eigenvalue weighted by molar-refractivity contribution is 5.81. The number of aromatic nitrogens is 4. The zero-order valence-electron chi connectivity index (χ0n) is 15.6. The van der Waals surface area contributed by atoms with E-state index in [0.29, 0.717) is 17.4 Å². The Morgan fingerprint density at radius 2 is 1.97 bits per heavy atom. The number of benzene rings is 1. The molecule has 0 aliphatic carbocycles. The Balaban J connectivity index is 1.81. The van der Waals surface area contributed by atoms with Gasteiger partial charge in [-0.3, -0.25) is 4.79 Å². The largest absolute Gasteiger partial charge is 0.479 e. The molecule has 3 heterocycles. The second-order valence-electron chi connectivity index (χ2n) is 6.87. The number of fused-ring (bicyclic) bond motifs is 1. The van der Waals surface area contributed by atoms with Gasteiger partial charge in [-0.2, -0.15) is 4.68 Å². The van der Waals surface area contributed by atoms with Crippen molar-refractivity contribution < 1.29 is 34.4 Å². The van der Waals surface area contributed by atoms with Crippen LogP contribution in [0.1, 0.15) is 18.7 Å². The number of carboxylic acids is 1. The number of aryl methyl sites for hydroxylation is 1. The van der Waals surface area contributed by atoms with Crippen LogP contribution in [0.5, 0.6) is 0 Å². The summed E-state index contributed by atoms with van der Waals surface area (Å²) in [4.78, 5) is 24.4. The van der Waals surface area contributed by atoms with Crippen LogP contribution in [0.3, 0.4) is 0 Å². The van der Waals surface area contributed by atoms with E-state index in [9.17, 15) is 30.0 Å². The molecule has 0 bridgehead atoms. The molecule has 0 amide bonds. The summed E-state index contributed by atoms with van der Waals surface area (Å²) in [7, 11) is 0. The zero-order valence-corrected chi connectivity index (χ0v) is 15.6. The molecule has 5 atom stereocenters. The van der Waals surface area contributed by atoms with E-state index in [1.54, 1.807) is 12.1 Å². The van der Waals surface area contributed by atoms with Crippen LogP contribution in [-0.2, 0) is 16.0 Å². The summed E-state index contributed by atoms with van der Waals surface area (Å²) in [6, 6.07) is 5.19. The smallest absolute Gasteiger partial charge is 0.335 e. The van der Waals surface area contributed by atoms with Crippen LogP contribution in [0, 0.1) is 0 Å². The third kappa shape index (κ3) is 3.15. The first kappa shape index (κ1) is 20.1. The maximum Gasteiger partial charge on any atom is 0.335 e. The van der Waals surface area contributed by atoms with Crippen molar-refractivity contribution in [2.75, 3.05) is 0 Å². The normalized spacial score (nSPS) is 26.7. The summed E-state index contributed by atoms with van der Waals surface area (Å²) in [5, 5.41) is 50.7. The molecule has 4 rings (SSSR count). The molecule has 4 N–H and O–H groups in total. The van der Waals surface area contributed by atoms with Crippen LogP contribution in [0.2, 0.25) is 0 Å². The van der Waals surface area contributed by atoms with E-state index in [1.165, 1.54) is 0 Å².